The molecule has 0 atom stereocenters. The van der Waals surface area contributed by atoms with Crippen LogP contribution in [0.15, 0.2) is 79.0 Å². The minimum Gasteiger partial charge on any atom is -0.497 e. The zero-order valence-electron chi connectivity index (χ0n) is 22.2. The highest BCUT2D eigenvalue weighted by molar-refractivity contribution is 6.30. The second-order valence-corrected chi connectivity index (χ2v) is 9.89. The van der Waals surface area contributed by atoms with Gasteiger partial charge >= 0.3 is 0 Å². The van der Waals surface area contributed by atoms with Crippen molar-refractivity contribution < 1.29 is 14.3 Å². The van der Waals surface area contributed by atoms with Gasteiger partial charge in [-0.05, 0) is 59.9 Å². The van der Waals surface area contributed by atoms with Gasteiger partial charge in [0, 0.05) is 62.0 Å². The molecule has 1 amide bonds. The Morgan fingerprint density at radius 1 is 0.895 bits per heavy atom. The molecule has 0 saturated heterocycles. The van der Waals surface area contributed by atoms with Crippen LogP contribution in [0.4, 0.5) is 0 Å². The first-order valence-corrected chi connectivity index (χ1v) is 13.3. The minimum absolute atomic E-state index is 0.103. The molecule has 0 saturated carbocycles. The Balaban J connectivity index is 1.49. The summed E-state index contributed by atoms with van der Waals surface area (Å²) in [5, 5.41) is 1.89. The summed E-state index contributed by atoms with van der Waals surface area (Å²) in [6.07, 6.45) is 3.67. The lowest BCUT2D eigenvalue weighted by Gasteiger charge is -2.28. The third-order valence-electron chi connectivity index (χ3n) is 6.71. The summed E-state index contributed by atoms with van der Waals surface area (Å²) in [6, 6.07) is 24.0. The zero-order valence-corrected chi connectivity index (χ0v) is 22.9. The average molecular weight is 534 g/mol. The van der Waals surface area contributed by atoms with Crippen molar-refractivity contribution in [1.82, 2.24) is 14.8 Å². The lowest BCUT2D eigenvalue weighted by atomic mass is 10.1. The van der Waals surface area contributed by atoms with Crippen molar-refractivity contribution in [2.75, 3.05) is 40.5 Å². The Morgan fingerprint density at radius 3 is 2.34 bits per heavy atom. The summed E-state index contributed by atoms with van der Waals surface area (Å²) in [4.78, 5) is 21.3. The predicted molar refractivity (Wildman–Crippen MR) is 154 cm³/mol. The summed E-state index contributed by atoms with van der Waals surface area (Å²) in [5.41, 5.74) is 4.52. The maximum atomic E-state index is 13.8. The monoisotopic (exact) mass is 533 g/mol. The number of aromatic nitrogens is 1. The van der Waals surface area contributed by atoms with E-state index >= 15 is 0 Å². The largest absolute Gasteiger partial charge is 0.497 e. The van der Waals surface area contributed by atoms with E-state index in [1.54, 1.807) is 14.2 Å². The average Bonchev–Trinajstić information content (AvgIpc) is 3.35. The number of para-hydroxylation sites is 1. The van der Waals surface area contributed by atoms with Gasteiger partial charge in [-0.2, -0.15) is 0 Å². The van der Waals surface area contributed by atoms with Gasteiger partial charge in [0.1, 0.15) is 5.75 Å². The zero-order chi connectivity index (χ0) is 26.7. The van der Waals surface area contributed by atoms with E-state index < -0.39 is 0 Å². The number of hydrogen-bond donors (Lipinski definition) is 1. The van der Waals surface area contributed by atoms with Crippen molar-refractivity contribution in [2.24, 2.45) is 0 Å². The first-order chi connectivity index (χ1) is 18.6. The van der Waals surface area contributed by atoms with Gasteiger partial charge < -0.3 is 19.4 Å². The fourth-order valence-corrected chi connectivity index (χ4v) is 4.75. The maximum Gasteiger partial charge on any atom is 0.237 e. The molecular formula is C31H36ClN3O3. The van der Waals surface area contributed by atoms with Gasteiger partial charge in [0.25, 0.3) is 0 Å². The van der Waals surface area contributed by atoms with Crippen molar-refractivity contribution in [3.63, 3.8) is 0 Å². The molecule has 0 spiro atoms. The van der Waals surface area contributed by atoms with E-state index in [1.165, 1.54) is 10.9 Å². The second kappa shape index (κ2) is 14.0. The molecule has 1 N–H and O–H groups in total. The molecular weight excluding hydrogens is 498 g/mol. The molecule has 6 nitrogen and oxygen atoms in total. The Morgan fingerprint density at radius 2 is 1.61 bits per heavy atom. The molecule has 38 heavy (non-hydrogen) atoms. The van der Waals surface area contributed by atoms with Crippen LogP contribution in [0.1, 0.15) is 23.1 Å². The number of carbonyl (C=O) groups excluding carboxylic acids is 1. The number of halogens is 1. The Hall–Kier alpha value is -3.32. The number of rotatable bonds is 14. The van der Waals surface area contributed by atoms with Crippen LogP contribution < -0.4 is 4.74 Å². The van der Waals surface area contributed by atoms with Crippen molar-refractivity contribution >= 4 is 28.4 Å². The van der Waals surface area contributed by atoms with Crippen molar-refractivity contribution in [2.45, 2.75) is 25.9 Å². The molecule has 0 aliphatic carbocycles. The molecule has 0 aliphatic rings. The summed E-state index contributed by atoms with van der Waals surface area (Å²) >= 11 is 6.11. The lowest BCUT2D eigenvalue weighted by Crippen LogP contribution is -2.41. The number of methoxy groups -OCH3 is 2. The smallest absolute Gasteiger partial charge is 0.237 e. The van der Waals surface area contributed by atoms with Crippen molar-refractivity contribution in [3.8, 4) is 5.75 Å². The molecule has 4 aromatic rings. The number of ether oxygens (including phenoxy) is 2. The number of H-pyrrole nitrogens is 1. The van der Waals surface area contributed by atoms with Gasteiger partial charge in [0.05, 0.1) is 13.7 Å². The standard InChI is InChI=1S/C31H36ClN3O3/c1-37-19-5-17-34(21-24-10-14-28(38-2)15-11-24)23-31(36)35(22-25-8-12-27(32)13-9-25)18-16-26-20-33-30-7-4-3-6-29(26)30/h3-4,6-15,20,33H,5,16-19,21-23H2,1-2H3. The van der Waals surface area contributed by atoms with Gasteiger partial charge in [0.2, 0.25) is 5.91 Å². The summed E-state index contributed by atoms with van der Waals surface area (Å²) in [5.74, 6) is 0.924. The topological polar surface area (TPSA) is 57.8 Å². The van der Waals surface area contributed by atoms with E-state index in [2.05, 4.69) is 40.3 Å². The summed E-state index contributed by atoms with van der Waals surface area (Å²) in [7, 11) is 3.37. The molecule has 1 heterocycles. The van der Waals surface area contributed by atoms with Crippen LogP contribution in [0.2, 0.25) is 5.02 Å². The molecule has 7 heteroatoms. The van der Waals surface area contributed by atoms with Gasteiger partial charge in [-0.3, -0.25) is 9.69 Å². The van der Waals surface area contributed by atoms with Crippen LogP contribution >= 0.6 is 11.6 Å². The number of nitrogens with one attached hydrogen (secondary N) is 1. The SMILES string of the molecule is COCCCN(CC(=O)N(CCc1c[nH]c2ccccc12)Cc1ccc(Cl)cc1)Cc1ccc(OC)cc1. The second-order valence-electron chi connectivity index (χ2n) is 9.46. The highest BCUT2D eigenvalue weighted by Gasteiger charge is 2.19. The number of carbonyl (C=O) groups is 1. The predicted octanol–water partition coefficient (Wildman–Crippen LogP) is 5.94. The maximum absolute atomic E-state index is 13.8. The van der Waals surface area contributed by atoms with Gasteiger partial charge in [-0.15, -0.1) is 0 Å². The number of benzene rings is 3. The molecule has 0 radical (unpaired) electrons. The number of aromatic amines is 1. The van der Waals surface area contributed by atoms with Gasteiger partial charge in [-0.1, -0.05) is 54.1 Å². The summed E-state index contributed by atoms with van der Waals surface area (Å²) < 4.78 is 10.6. The minimum atomic E-state index is 0.103. The normalized spacial score (nSPS) is 11.3. The fourth-order valence-electron chi connectivity index (χ4n) is 4.62. The molecule has 0 aliphatic heterocycles. The van der Waals surface area contributed by atoms with Crippen LogP contribution in [0.3, 0.4) is 0 Å². The van der Waals surface area contributed by atoms with Gasteiger partial charge in [-0.25, -0.2) is 0 Å². The summed E-state index contributed by atoms with van der Waals surface area (Å²) in [6.45, 7) is 3.59. The fraction of sp³-hybridized carbons (Fsp3) is 0.323. The van der Waals surface area contributed by atoms with E-state index in [0.717, 1.165) is 41.8 Å². The van der Waals surface area contributed by atoms with Crippen LogP contribution in [0.5, 0.6) is 5.75 Å². The van der Waals surface area contributed by atoms with Crippen LogP contribution in [0.25, 0.3) is 10.9 Å². The number of hydrogen-bond acceptors (Lipinski definition) is 4. The highest BCUT2D eigenvalue weighted by atomic mass is 35.5. The van der Waals surface area contributed by atoms with Crippen LogP contribution in [-0.2, 0) is 29.0 Å². The molecule has 3 aromatic carbocycles. The number of fused-ring (bicyclic) bond motifs is 1. The van der Waals surface area contributed by atoms with Crippen molar-refractivity contribution in [1.29, 1.82) is 0 Å². The molecule has 200 valence electrons. The molecule has 0 unspecified atom stereocenters. The first-order valence-electron chi connectivity index (χ1n) is 13.0. The van der Waals surface area contributed by atoms with Crippen LogP contribution in [0, 0.1) is 0 Å². The van der Waals surface area contributed by atoms with Gasteiger partial charge in [0.15, 0.2) is 0 Å². The molecule has 4 rings (SSSR count). The third kappa shape index (κ3) is 7.84. The Labute approximate surface area is 230 Å². The quantitative estimate of drug-likeness (QED) is 0.204. The van der Waals surface area contributed by atoms with E-state index in [4.69, 9.17) is 21.1 Å². The lowest BCUT2D eigenvalue weighted by molar-refractivity contribution is -0.133. The van der Waals surface area contributed by atoms with Crippen LogP contribution in [-0.4, -0.2) is 61.2 Å². The van der Waals surface area contributed by atoms with E-state index in [-0.39, 0.29) is 5.91 Å². The molecule has 0 bridgehead atoms. The Bertz CT molecular complexity index is 1290. The number of amides is 1. The highest BCUT2D eigenvalue weighted by Crippen LogP contribution is 2.20. The third-order valence-corrected chi connectivity index (χ3v) is 6.96. The first kappa shape index (κ1) is 27.7. The van der Waals surface area contributed by atoms with E-state index in [0.29, 0.717) is 37.8 Å². The number of nitrogens with zero attached hydrogens (tertiary/aromatic N) is 2. The Kier molecular flexibility index (Phi) is 10.2. The van der Waals surface area contributed by atoms with E-state index in [1.807, 2.05) is 53.4 Å². The molecule has 0 fully saturated rings. The van der Waals surface area contributed by atoms with E-state index in [9.17, 15) is 4.79 Å². The molecule has 1 aromatic heterocycles. The van der Waals surface area contributed by atoms with Crippen molar-refractivity contribution in [3.05, 3.63) is 101 Å².